The molecule has 0 aliphatic heterocycles. The molecule has 2 unspecified atom stereocenters. The molecule has 4 nitrogen and oxygen atoms in total. The van der Waals surface area contributed by atoms with Gasteiger partial charge in [0, 0.05) is 17.4 Å². The molecule has 0 bridgehead atoms. The molecule has 2 atom stereocenters. The van der Waals surface area contributed by atoms with Crippen molar-refractivity contribution in [3.05, 3.63) is 69.8 Å². The van der Waals surface area contributed by atoms with Crippen LogP contribution in [0.3, 0.4) is 0 Å². The maximum absolute atomic E-state index is 13.9. The SMILES string of the molecule is COC(=O)c1ccc(C(C=O)C2CC(C)(C)c3cc4c(cc3C2=O)C(C)(C)CCC4(C)C)cc1. The Morgan fingerprint density at radius 2 is 1.47 bits per heavy atom. The Hall–Kier alpha value is -2.75. The Balaban J connectivity index is 1.80. The second kappa shape index (κ2) is 8.18. The lowest BCUT2D eigenvalue weighted by atomic mass is 9.58. The van der Waals surface area contributed by atoms with Crippen molar-refractivity contribution in [2.45, 2.75) is 83.0 Å². The van der Waals surface area contributed by atoms with E-state index in [-0.39, 0.29) is 22.0 Å². The van der Waals surface area contributed by atoms with Crippen LogP contribution < -0.4 is 0 Å². The summed E-state index contributed by atoms with van der Waals surface area (Å²) in [6.07, 6.45) is 3.69. The zero-order chi connectivity index (χ0) is 25.1. The van der Waals surface area contributed by atoms with Gasteiger partial charge in [-0.15, -0.1) is 0 Å². The predicted molar refractivity (Wildman–Crippen MR) is 134 cm³/mol. The van der Waals surface area contributed by atoms with E-state index in [4.69, 9.17) is 4.74 Å². The van der Waals surface area contributed by atoms with Crippen molar-refractivity contribution in [2.24, 2.45) is 5.92 Å². The van der Waals surface area contributed by atoms with Gasteiger partial charge in [-0.2, -0.15) is 0 Å². The van der Waals surface area contributed by atoms with Crippen LogP contribution in [0.15, 0.2) is 36.4 Å². The van der Waals surface area contributed by atoms with Gasteiger partial charge in [-0.25, -0.2) is 4.79 Å². The van der Waals surface area contributed by atoms with Gasteiger partial charge in [0.05, 0.1) is 12.7 Å². The lowest BCUT2D eigenvalue weighted by molar-refractivity contribution is -0.110. The zero-order valence-electron chi connectivity index (χ0n) is 21.5. The van der Waals surface area contributed by atoms with Crippen LogP contribution in [-0.4, -0.2) is 25.1 Å². The third kappa shape index (κ3) is 3.91. The first-order valence-corrected chi connectivity index (χ1v) is 12.2. The predicted octanol–water partition coefficient (Wildman–Crippen LogP) is 6.29. The van der Waals surface area contributed by atoms with Gasteiger partial charge in [-0.1, -0.05) is 59.7 Å². The largest absolute Gasteiger partial charge is 0.465 e. The number of esters is 1. The highest BCUT2D eigenvalue weighted by molar-refractivity contribution is 6.03. The Labute approximate surface area is 203 Å². The number of carbonyl (C=O) groups is 3. The summed E-state index contributed by atoms with van der Waals surface area (Å²) in [5, 5.41) is 0. The van der Waals surface area contributed by atoms with E-state index in [0.717, 1.165) is 35.8 Å². The second-order valence-corrected chi connectivity index (χ2v) is 12.0. The van der Waals surface area contributed by atoms with E-state index in [1.807, 2.05) is 0 Å². The first-order valence-electron chi connectivity index (χ1n) is 12.2. The Bertz CT molecular complexity index is 1150. The number of hydrogen-bond donors (Lipinski definition) is 0. The Kier molecular flexibility index (Phi) is 5.86. The molecule has 0 spiro atoms. The fourth-order valence-electron chi connectivity index (χ4n) is 5.98. The number of fused-ring (bicyclic) bond motifs is 2. The summed E-state index contributed by atoms with van der Waals surface area (Å²) < 4.78 is 4.78. The highest BCUT2D eigenvalue weighted by atomic mass is 16.5. The summed E-state index contributed by atoms with van der Waals surface area (Å²) in [6.45, 7) is 13.5. The molecule has 4 rings (SSSR count). The average Bonchev–Trinajstić information content (AvgIpc) is 2.80. The minimum Gasteiger partial charge on any atom is -0.465 e. The molecule has 0 N–H and O–H groups in total. The van der Waals surface area contributed by atoms with Gasteiger partial charge >= 0.3 is 5.97 Å². The molecule has 2 aromatic rings. The number of benzene rings is 2. The first-order chi connectivity index (χ1) is 15.8. The van der Waals surface area contributed by atoms with Gasteiger partial charge in [0.2, 0.25) is 0 Å². The smallest absolute Gasteiger partial charge is 0.337 e. The number of rotatable bonds is 4. The van der Waals surface area contributed by atoms with E-state index in [9.17, 15) is 14.4 Å². The Morgan fingerprint density at radius 1 is 0.912 bits per heavy atom. The average molecular weight is 461 g/mol. The molecule has 34 heavy (non-hydrogen) atoms. The van der Waals surface area contributed by atoms with E-state index in [1.54, 1.807) is 24.3 Å². The molecule has 180 valence electrons. The number of methoxy groups -OCH3 is 1. The molecule has 0 amide bonds. The lowest BCUT2D eigenvalue weighted by Crippen LogP contribution is -2.40. The topological polar surface area (TPSA) is 60.4 Å². The summed E-state index contributed by atoms with van der Waals surface area (Å²) in [6, 6.07) is 11.3. The van der Waals surface area contributed by atoms with Crippen LogP contribution in [0.5, 0.6) is 0 Å². The van der Waals surface area contributed by atoms with Crippen LogP contribution in [0.25, 0.3) is 0 Å². The summed E-state index contributed by atoms with van der Waals surface area (Å²) in [4.78, 5) is 38.1. The molecule has 0 saturated heterocycles. The van der Waals surface area contributed by atoms with Crippen LogP contribution in [0.4, 0.5) is 0 Å². The van der Waals surface area contributed by atoms with Crippen molar-refractivity contribution in [3.63, 3.8) is 0 Å². The van der Waals surface area contributed by atoms with E-state index in [0.29, 0.717) is 12.0 Å². The fourth-order valence-corrected chi connectivity index (χ4v) is 5.98. The van der Waals surface area contributed by atoms with E-state index < -0.39 is 17.8 Å². The molecule has 2 aromatic carbocycles. The van der Waals surface area contributed by atoms with E-state index >= 15 is 0 Å². The number of carbonyl (C=O) groups excluding carboxylic acids is 3. The summed E-state index contributed by atoms with van der Waals surface area (Å²) in [5.74, 6) is -1.38. The van der Waals surface area contributed by atoms with Gasteiger partial charge in [0.25, 0.3) is 0 Å². The van der Waals surface area contributed by atoms with Crippen LogP contribution >= 0.6 is 0 Å². The van der Waals surface area contributed by atoms with Gasteiger partial charge in [-0.05, 0) is 76.0 Å². The monoisotopic (exact) mass is 460 g/mol. The summed E-state index contributed by atoms with van der Waals surface area (Å²) >= 11 is 0. The molecule has 4 heteroatoms. The normalized spacial score (nSPS) is 22.8. The van der Waals surface area contributed by atoms with Crippen LogP contribution in [0, 0.1) is 5.92 Å². The highest BCUT2D eigenvalue weighted by Crippen LogP contribution is 2.51. The van der Waals surface area contributed by atoms with Gasteiger partial charge < -0.3 is 9.53 Å². The molecule has 0 fully saturated rings. The van der Waals surface area contributed by atoms with Crippen molar-refractivity contribution < 1.29 is 19.1 Å². The van der Waals surface area contributed by atoms with Crippen molar-refractivity contribution in [3.8, 4) is 0 Å². The number of aldehydes is 1. The minimum absolute atomic E-state index is 0.00499. The van der Waals surface area contributed by atoms with Gasteiger partial charge in [0.1, 0.15) is 6.29 Å². The van der Waals surface area contributed by atoms with Crippen LogP contribution in [0.2, 0.25) is 0 Å². The molecular weight excluding hydrogens is 424 g/mol. The second-order valence-electron chi connectivity index (χ2n) is 12.0. The first kappa shape index (κ1) is 24.4. The third-order valence-corrected chi connectivity index (χ3v) is 8.35. The molecule has 2 aliphatic rings. The summed E-state index contributed by atoms with van der Waals surface area (Å²) in [5.41, 5.74) is 5.49. The maximum Gasteiger partial charge on any atom is 0.337 e. The third-order valence-electron chi connectivity index (χ3n) is 8.35. The molecule has 2 aliphatic carbocycles. The van der Waals surface area contributed by atoms with Crippen molar-refractivity contribution in [1.82, 2.24) is 0 Å². The maximum atomic E-state index is 13.9. The van der Waals surface area contributed by atoms with Crippen LogP contribution in [0.1, 0.15) is 110 Å². The lowest BCUT2D eigenvalue weighted by Gasteiger charge is -2.45. The zero-order valence-corrected chi connectivity index (χ0v) is 21.5. The van der Waals surface area contributed by atoms with E-state index in [1.165, 1.54) is 18.2 Å². The molecular formula is C30H36O4. The van der Waals surface area contributed by atoms with E-state index in [2.05, 4.69) is 53.7 Å². The summed E-state index contributed by atoms with van der Waals surface area (Å²) in [7, 11) is 1.34. The molecule has 0 saturated carbocycles. The quantitative estimate of drug-likeness (QED) is 0.398. The number of Topliss-reactive ketones (excluding diaryl/α,β-unsaturated/α-hetero) is 1. The van der Waals surface area contributed by atoms with Crippen molar-refractivity contribution in [2.75, 3.05) is 7.11 Å². The number of ketones is 1. The standard InChI is InChI=1S/C30H36O4/c1-28(2)12-13-29(3,4)25-15-23-20(14-24(25)28)26(32)21(16-30(23,5)6)22(17-31)18-8-10-19(11-9-18)27(33)34-7/h8-11,14-15,17,21-22H,12-13,16H2,1-7H3. The molecule has 0 heterocycles. The Morgan fingerprint density at radius 3 is 2.00 bits per heavy atom. The van der Waals surface area contributed by atoms with Gasteiger partial charge in [0.15, 0.2) is 5.78 Å². The fraction of sp³-hybridized carbons (Fsp3) is 0.500. The highest BCUT2D eigenvalue weighted by Gasteiger charge is 2.45. The van der Waals surface area contributed by atoms with Gasteiger partial charge in [-0.3, -0.25) is 4.79 Å². The number of ether oxygens (including phenoxy) is 1. The molecule has 0 aromatic heterocycles. The van der Waals surface area contributed by atoms with Crippen molar-refractivity contribution in [1.29, 1.82) is 0 Å². The van der Waals surface area contributed by atoms with Crippen LogP contribution in [-0.2, 0) is 25.8 Å². The van der Waals surface area contributed by atoms with Crippen molar-refractivity contribution >= 4 is 18.0 Å². The molecule has 0 radical (unpaired) electrons. The number of hydrogen-bond acceptors (Lipinski definition) is 4. The minimum atomic E-state index is -0.563.